The smallest absolute Gasteiger partial charge is 0.280 e. The molecule has 2 aromatic rings. The number of hydrogen-bond donors (Lipinski definition) is 4. The SMILES string of the molecule is CC(C)C(=O)Nc1nc2c(ncn2[C@H]2CC[C@H](O)[C@@H](CO)O2)c(=O)[nH]1. The predicted molar refractivity (Wildman–Crippen MR) is 87.9 cm³/mol. The first kappa shape index (κ1) is 17.5. The van der Waals surface area contributed by atoms with Crippen molar-refractivity contribution in [2.75, 3.05) is 11.9 Å². The van der Waals surface area contributed by atoms with Gasteiger partial charge in [-0.25, -0.2) is 4.98 Å². The highest BCUT2D eigenvalue weighted by Crippen LogP contribution is 2.28. The molecule has 0 bridgehead atoms. The number of aliphatic hydroxyl groups is 2. The number of H-pyrrole nitrogens is 1. The van der Waals surface area contributed by atoms with E-state index in [1.165, 1.54) is 6.33 Å². The van der Waals surface area contributed by atoms with Crippen molar-refractivity contribution in [2.45, 2.75) is 45.1 Å². The number of rotatable bonds is 4. The molecule has 1 aliphatic heterocycles. The summed E-state index contributed by atoms with van der Waals surface area (Å²) in [6, 6.07) is 0. The molecule has 3 heterocycles. The van der Waals surface area contributed by atoms with Crippen LogP contribution in [0.3, 0.4) is 0 Å². The number of amides is 1. The summed E-state index contributed by atoms with van der Waals surface area (Å²) in [6.45, 7) is 3.15. The van der Waals surface area contributed by atoms with Crippen molar-refractivity contribution in [3.05, 3.63) is 16.7 Å². The topological polar surface area (TPSA) is 142 Å². The fourth-order valence-corrected chi connectivity index (χ4v) is 2.69. The molecule has 3 atom stereocenters. The standard InChI is InChI=1S/C15H21N5O5/c1-7(2)13(23)18-15-17-12-11(14(24)19-15)16-6-20(12)10-4-3-8(22)9(5-21)25-10/h6-10,21-22H,3-5H2,1-2H3,(H2,17,18,19,23,24)/t8-,9+,10+/m0/s1. The number of nitrogens with zero attached hydrogens (tertiary/aromatic N) is 3. The molecule has 25 heavy (non-hydrogen) atoms. The van der Waals surface area contributed by atoms with Gasteiger partial charge in [0.15, 0.2) is 11.2 Å². The van der Waals surface area contributed by atoms with Crippen LogP contribution in [-0.4, -0.2) is 54.5 Å². The van der Waals surface area contributed by atoms with E-state index < -0.39 is 24.0 Å². The molecule has 1 fully saturated rings. The first-order valence-corrected chi connectivity index (χ1v) is 8.12. The molecule has 1 amide bonds. The Morgan fingerprint density at radius 2 is 2.28 bits per heavy atom. The minimum absolute atomic E-state index is 0.0347. The molecule has 0 radical (unpaired) electrons. The highest BCUT2D eigenvalue weighted by atomic mass is 16.5. The predicted octanol–water partition coefficient (Wildman–Crippen LogP) is -0.255. The van der Waals surface area contributed by atoms with Crippen LogP contribution in [0.25, 0.3) is 11.2 Å². The van der Waals surface area contributed by atoms with Gasteiger partial charge in [0.05, 0.1) is 19.0 Å². The molecule has 0 aromatic carbocycles. The van der Waals surface area contributed by atoms with Gasteiger partial charge < -0.3 is 14.9 Å². The van der Waals surface area contributed by atoms with Gasteiger partial charge in [-0.2, -0.15) is 4.98 Å². The highest BCUT2D eigenvalue weighted by Gasteiger charge is 2.31. The highest BCUT2D eigenvalue weighted by molar-refractivity contribution is 5.91. The lowest BCUT2D eigenvalue weighted by Crippen LogP contribution is -2.39. The van der Waals surface area contributed by atoms with E-state index in [2.05, 4.69) is 20.3 Å². The number of hydrogen-bond acceptors (Lipinski definition) is 7. The average molecular weight is 351 g/mol. The lowest BCUT2D eigenvalue weighted by Gasteiger charge is -2.33. The van der Waals surface area contributed by atoms with Crippen LogP contribution in [0.2, 0.25) is 0 Å². The maximum atomic E-state index is 12.2. The number of aliphatic hydroxyl groups excluding tert-OH is 2. The molecule has 136 valence electrons. The summed E-state index contributed by atoms with van der Waals surface area (Å²) in [7, 11) is 0. The van der Waals surface area contributed by atoms with Crippen LogP contribution in [0.5, 0.6) is 0 Å². The number of nitrogens with one attached hydrogen (secondary N) is 2. The van der Waals surface area contributed by atoms with E-state index in [4.69, 9.17) is 4.74 Å². The van der Waals surface area contributed by atoms with E-state index in [1.807, 2.05) is 0 Å². The summed E-state index contributed by atoms with van der Waals surface area (Å²) < 4.78 is 7.26. The number of fused-ring (bicyclic) bond motifs is 1. The molecule has 10 heteroatoms. The first-order valence-electron chi connectivity index (χ1n) is 8.12. The van der Waals surface area contributed by atoms with Gasteiger partial charge >= 0.3 is 0 Å². The molecule has 0 unspecified atom stereocenters. The second-order valence-corrected chi connectivity index (χ2v) is 6.34. The summed E-state index contributed by atoms with van der Waals surface area (Å²) in [4.78, 5) is 34.8. The van der Waals surface area contributed by atoms with Crippen LogP contribution in [0, 0.1) is 5.92 Å². The lowest BCUT2D eigenvalue weighted by molar-refractivity contribution is -0.158. The average Bonchev–Trinajstić information content (AvgIpc) is 2.99. The van der Waals surface area contributed by atoms with Crippen LogP contribution in [0.1, 0.15) is 32.9 Å². The Kier molecular flexibility index (Phi) is 4.84. The van der Waals surface area contributed by atoms with Crippen molar-refractivity contribution >= 4 is 23.0 Å². The number of carbonyl (C=O) groups excluding carboxylic acids is 1. The van der Waals surface area contributed by atoms with E-state index in [-0.39, 0.29) is 35.5 Å². The fourth-order valence-electron chi connectivity index (χ4n) is 2.69. The molecule has 4 N–H and O–H groups in total. The Bertz CT molecular complexity index is 829. The lowest BCUT2D eigenvalue weighted by atomic mass is 10.0. The van der Waals surface area contributed by atoms with Crippen LogP contribution in [0.15, 0.2) is 11.1 Å². The Morgan fingerprint density at radius 1 is 1.52 bits per heavy atom. The monoisotopic (exact) mass is 351 g/mol. The zero-order chi connectivity index (χ0) is 18.1. The molecule has 2 aromatic heterocycles. The molecule has 3 rings (SSSR count). The van der Waals surface area contributed by atoms with Crippen LogP contribution < -0.4 is 10.9 Å². The Morgan fingerprint density at radius 3 is 2.96 bits per heavy atom. The van der Waals surface area contributed by atoms with Crippen molar-refractivity contribution < 1.29 is 19.7 Å². The largest absolute Gasteiger partial charge is 0.394 e. The maximum Gasteiger partial charge on any atom is 0.280 e. The Balaban J connectivity index is 1.95. The van der Waals surface area contributed by atoms with Crippen molar-refractivity contribution in [1.29, 1.82) is 0 Å². The zero-order valence-electron chi connectivity index (χ0n) is 14.0. The van der Waals surface area contributed by atoms with Gasteiger partial charge in [-0.15, -0.1) is 0 Å². The number of imidazole rings is 1. The zero-order valence-corrected chi connectivity index (χ0v) is 14.0. The molecule has 0 aliphatic carbocycles. The number of anilines is 1. The first-order chi connectivity index (χ1) is 11.9. The minimum atomic E-state index is -0.742. The summed E-state index contributed by atoms with van der Waals surface area (Å²) in [5.74, 6) is -0.502. The van der Waals surface area contributed by atoms with Crippen molar-refractivity contribution in [1.82, 2.24) is 19.5 Å². The Labute approximate surface area is 142 Å². The van der Waals surface area contributed by atoms with E-state index in [9.17, 15) is 19.8 Å². The van der Waals surface area contributed by atoms with Gasteiger partial charge in [0.2, 0.25) is 11.9 Å². The van der Waals surface area contributed by atoms with Gasteiger partial charge in [0.25, 0.3) is 5.56 Å². The fraction of sp³-hybridized carbons (Fsp3) is 0.600. The van der Waals surface area contributed by atoms with Gasteiger partial charge in [-0.1, -0.05) is 13.8 Å². The second-order valence-electron chi connectivity index (χ2n) is 6.34. The summed E-state index contributed by atoms with van der Waals surface area (Å²) in [5, 5.41) is 21.7. The van der Waals surface area contributed by atoms with Gasteiger partial charge in [-0.3, -0.25) is 24.5 Å². The molecule has 0 spiro atoms. The van der Waals surface area contributed by atoms with Crippen LogP contribution >= 0.6 is 0 Å². The molecule has 10 nitrogen and oxygen atoms in total. The van der Waals surface area contributed by atoms with Crippen molar-refractivity contribution in [2.24, 2.45) is 5.92 Å². The summed E-state index contributed by atoms with van der Waals surface area (Å²) >= 11 is 0. The van der Waals surface area contributed by atoms with E-state index in [0.717, 1.165) is 0 Å². The molecule has 1 aliphatic rings. The quantitative estimate of drug-likeness (QED) is 0.594. The van der Waals surface area contributed by atoms with E-state index >= 15 is 0 Å². The molecule has 1 saturated heterocycles. The van der Waals surface area contributed by atoms with E-state index in [1.54, 1.807) is 18.4 Å². The number of aromatic nitrogens is 4. The number of ether oxygens (including phenoxy) is 1. The molecular weight excluding hydrogens is 330 g/mol. The maximum absolute atomic E-state index is 12.2. The minimum Gasteiger partial charge on any atom is -0.394 e. The third-order valence-electron chi connectivity index (χ3n) is 4.16. The molecule has 0 saturated carbocycles. The van der Waals surface area contributed by atoms with Crippen LogP contribution in [-0.2, 0) is 9.53 Å². The third kappa shape index (κ3) is 3.41. The van der Waals surface area contributed by atoms with Crippen molar-refractivity contribution in [3.8, 4) is 0 Å². The third-order valence-corrected chi connectivity index (χ3v) is 4.16. The molecular formula is C15H21N5O5. The van der Waals surface area contributed by atoms with E-state index in [0.29, 0.717) is 12.8 Å². The normalized spacial score (nSPS) is 24.0. The van der Waals surface area contributed by atoms with Gasteiger partial charge in [-0.05, 0) is 12.8 Å². The second kappa shape index (κ2) is 6.90. The van der Waals surface area contributed by atoms with Gasteiger partial charge in [0.1, 0.15) is 12.3 Å². The Hall–Kier alpha value is -2.30. The van der Waals surface area contributed by atoms with Gasteiger partial charge in [0, 0.05) is 5.92 Å². The summed E-state index contributed by atoms with van der Waals surface area (Å²) in [5.41, 5.74) is -0.0870. The summed E-state index contributed by atoms with van der Waals surface area (Å²) in [6.07, 6.45) is 0.374. The van der Waals surface area contributed by atoms with Crippen molar-refractivity contribution in [3.63, 3.8) is 0 Å². The van der Waals surface area contributed by atoms with Crippen LogP contribution in [0.4, 0.5) is 5.95 Å². The number of aromatic amines is 1. The number of carbonyl (C=O) groups is 1.